The number of nitrogens with one attached hydrogen (secondary N) is 1. The van der Waals surface area contributed by atoms with E-state index in [2.05, 4.69) is 10.3 Å². The van der Waals surface area contributed by atoms with Crippen molar-refractivity contribution in [3.05, 3.63) is 126 Å². The molecule has 1 atom stereocenters. The number of nitrogens with zero attached hydrogens (tertiary/aromatic N) is 2. The number of aromatic hydroxyl groups is 1. The second-order valence-corrected chi connectivity index (χ2v) is 8.38. The number of pyridine rings is 1. The van der Waals surface area contributed by atoms with Crippen LogP contribution in [0, 0.1) is 0 Å². The van der Waals surface area contributed by atoms with Gasteiger partial charge in [0, 0.05) is 6.20 Å². The van der Waals surface area contributed by atoms with Crippen molar-refractivity contribution in [3.8, 4) is 5.75 Å². The van der Waals surface area contributed by atoms with E-state index in [0.29, 0.717) is 17.2 Å². The average Bonchev–Trinajstić information content (AvgIpc) is 3.21. The monoisotopic (exact) mass is 485 g/mol. The van der Waals surface area contributed by atoms with Crippen molar-refractivity contribution in [1.29, 1.82) is 0 Å². The Hall–Kier alpha value is -4.52. The van der Waals surface area contributed by atoms with E-state index < -0.39 is 17.4 Å². The minimum atomic E-state index is -4.48. The second kappa shape index (κ2) is 9.26. The third-order valence-electron chi connectivity index (χ3n) is 5.88. The minimum Gasteiger partial charge on any atom is -0.508 e. The predicted octanol–water partition coefficient (Wildman–Crippen LogP) is 7.49. The molecular weight excluding hydrogens is 463 g/mol. The minimum absolute atomic E-state index is 0.116. The molecule has 0 saturated heterocycles. The third kappa shape index (κ3) is 4.68. The number of anilines is 3. The fourth-order valence-corrected chi connectivity index (χ4v) is 4.20. The molecule has 7 heteroatoms. The molecule has 1 aromatic heterocycles. The summed E-state index contributed by atoms with van der Waals surface area (Å²) in [5.74, 6) is 0.673. The van der Waals surface area contributed by atoms with Gasteiger partial charge in [-0.15, -0.1) is 0 Å². The molecule has 0 radical (unpaired) electrons. The Kier molecular flexibility index (Phi) is 5.98. The van der Waals surface area contributed by atoms with Crippen LogP contribution in [0.1, 0.15) is 16.7 Å². The van der Waals surface area contributed by atoms with E-state index in [0.717, 1.165) is 23.3 Å². The maximum Gasteiger partial charge on any atom is 0.416 e. The fraction of sp³-hybridized carbons (Fsp3) is 0.0690. The number of benzene rings is 3. The van der Waals surface area contributed by atoms with Gasteiger partial charge in [0.15, 0.2) is 5.66 Å². The number of phenols is 1. The van der Waals surface area contributed by atoms with Crippen molar-refractivity contribution in [3.63, 3.8) is 0 Å². The maximum atomic E-state index is 13.5. The van der Waals surface area contributed by atoms with Crippen LogP contribution in [0.15, 0.2) is 109 Å². The van der Waals surface area contributed by atoms with Crippen molar-refractivity contribution in [1.82, 2.24) is 4.98 Å². The van der Waals surface area contributed by atoms with Crippen molar-refractivity contribution < 1.29 is 18.3 Å². The first-order chi connectivity index (χ1) is 17.3. The number of halogens is 3. The summed E-state index contributed by atoms with van der Waals surface area (Å²) in [6.45, 7) is 0. The second-order valence-electron chi connectivity index (χ2n) is 8.38. The van der Waals surface area contributed by atoms with Crippen LogP contribution in [0.2, 0.25) is 0 Å². The topological polar surface area (TPSA) is 48.4 Å². The molecule has 0 saturated carbocycles. The van der Waals surface area contributed by atoms with Crippen molar-refractivity contribution in [2.45, 2.75) is 11.8 Å². The molecular formula is C29H22F3N3O. The molecule has 0 aliphatic carbocycles. The molecule has 3 aromatic carbocycles. The van der Waals surface area contributed by atoms with E-state index in [1.165, 1.54) is 6.07 Å². The first-order valence-corrected chi connectivity index (χ1v) is 11.3. The van der Waals surface area contributed by atoms with Gasteiger partial charge in [0.2, 0.25) is 0 Å². The Bertz CT molecular complexity index is 1420. The van der Waals surface area contributed by atoms with Crippen LogP contribution >= 0.6 is 0 Å². The summed E-state index contributed by atoms with van der Waals surface area (Å²) < 4.78 is 40.6. The lowest BCUT2D eigenvalue weighted by molar-refractivity contribution is -0.137. The van der Waals surface area contributed by atoms with Crippen LogP contribution in [-0.2, 0) is 6.18 Å². The highest BCUT2D eigenvalue weighted by Crippen LogP contribution is 2.48. The standard InChI is InChI=1S/C29H22F3N3O/c30-29(31,32)23-12-13-26-25(20-23)34-28(16-14-21-7-2-1-3-8-21,35(26)27-11-4-5-18-33-27)17-15-22-9-6-10-24(36)19-22/h1-20,34,36H/b16-14+,17-15?. The number of aromatic nitrogens is 1. The number of phenolic OH excluding ortho intramolecular Hbond substituents is 1. The zero-order chi connectivity index (χ0) is 25.2. The zero-order valence-electron chi connectivity index (χ0n) is 19.0. The van der Waals surface area contributed by atoms with Crippen LogP contribution in [0.3, 0.4) is 0 Å². The summed E-state index contributed by atoms with van der Waals surface area (Å²) in [6.07, 6.45) is 4.63. The van der Waals surface area contributed by atoms with Gasteiger partial charge < -0.3 is 10.4 Å². The van der Waals surface area contributed by atoms with Gasteiger partial charge in [0.1, 0.15) is 11.6 Å². The molecule has 0 amide bonds. The predicted molar refractivity (Wildman–Crippen MR) is 137 cm³/mol. The molecule has 0 spiro atoms. The largest absolute Gasteiger partial charge is 0.508 e. The van der Waals surface area contributed by atoms with Crippen LogP contribution in [0.4, 0.5) is 30.4 Å². The highest BCUT2D eigenvalue weighted by atomic mass is 19.4. The van der Waals surface area contributed by atoms with Gasteiger partial charge in [-0.1, -0.05) is 60.7 Å². The lowest BCUT2D eigenvalue weighted by atomic mass is 10.0. The smallest absolute Gasteiger partial charge is 0.416 e. The van der Waals surface area contributed by atoms with Crippen molar-refractivity contribution in [2.24, 2.45) is 0 Å². The van der Waals surface area contributed by atoms with E-state index >= 15 is 0 Å². The maximum absolute atomic E-state index is 13.5. The number of rotatable bonds is 5. The molecule has 0 bridgehead atoms. The van der Waals surface area contributed by atoms with Gasteiger partial charge in [-0.2, -0.15) is 13.2 Å². The summed E-state index contributed by atoms with van der Waals surface area (Å²) in [6, 6.07) is 25.4. The molecule has 0 fully saturated rings. The fourth-order valence-electron chi connectivity index (χ4n) is 4.20. The van der Waals surface area contributed by atoms with Crippen LogP contribution in [0.5, 0.6) is 5.75 Å². The van der Waals surface area contributed by atoms with Crippen molar-refractivity contribution in [2.75, 3.05) is 10.2 Å². The Morgan fingerprint density at radius 3 is 2.22 bits per heavy atom. The summed E-state index contributed by atoms with van der Waals surface area (Å²) in [4.78, 5) is 6.37. The van der Waals surface area contributed by atoms with Gasteiger partial charge in [0.25, 0.3) is 0 Å². The third-order valence-corrected chi connectivity index (χ3v) is 5.88. The van der Waals surface area contributed by atoms with Gasteiger partial charge in [-0.3, -0.25) is 4.90 Å². The molecule has 1 aliphatic rings. The molecule has 5 rings (SSSR count). The van der Waals surface area contributed by atoms with Crippen LogP contribution in [0.25, 0.3) is 12.2 Å². The molecule has 4 nitrogen and oxygen atoms in total. The highest BCUT2D eigenvalue weighted by molar-refractivity contribution is 5.87. The molecule has 4 aromatic rings. The van der Waals surface area contributed by atoms with E-state index in [9.17, 15) is 18.3 Å². The molecule has 1 aliphatic heterocycles. The molecule has 36 heavy (non-hydrogen) atoms. The summed E-state index contributed by atoms with van der Waals surface area (Å²) in [5.41, 5.74) is 0.708. The molecule has 180 valence electrons. The molecule has 2 N–H and O–H groups in total. The number of fused-ring (bicyclic) bond motifs is 1. The van der Waals surface area contributed by atoms with Crippen molar-refractivity contribution >= 4 is 29.3 Å². The Labute approximate surface area is 206 Å². The van der Waals surface area contributed by atoms with Gasteiger partial charge in [-0.25, -0.2) is 4.98 Å². The lowest BCUT2D eigenvalue weighted by Gasteiger charge is -2.35. The van der Waals surface area contributed by atoms with Crippen LogP contribution in [-0.4, -0.2) is 15.8 Å². The van der Waals surface area contributed by atoms with E-state index in [-0.39, 0.29) is 5.75 Å². The number of hydrogen-bond acceptors (Lipinski definition) is 4. The normalized spacial score (nSPS) is 17.5. The average molecular weight is 486 g/mol. The Balaban J connectivity index is 1.69. The zero-order valence-corrected chi connectivity index (χ0v) is 19.0. The number of alkyl halides is 3. The molecule has 2 heterocycles. The van der Waals surface area contributed by atoms with E-state index in [1.807, 2.05) is 77.7 Å². The van der Waals surface area contributed by atoms with Gasteiger partial charge in [-0.05, 0) is 65.7 Å². The van der Waals surface area contributed by atoms with E-state index in [1.54, 1.807) is 30.5 Å². The van der Waals surface area contributed by atoms with Crippen LogP contribution < -0.4 is 10.2 Å². The molecule has 1 unspecified atom stereocenters. The first-order valence-electron chi connectivity index (χ1n) is 11.3. The van der Waals surface area contributed by atoms with Gasteiger partial charge in [0.05, 0.1) is 16.9 Å². The summed E-state index contributed by atoms with van der Waals surface area (Å²) >= 11 is 0. The Morgan fingerprint density at radius 1 is 0.806 bits per heavy atom. The summed E-state index contributed by atoms with van der Waals surface area (Å²) in [5, 5.41) is 13.2. The quantitative estimate of drug-likeness (QED) is 0.307. The number of hydrogen-bond donors (Lipinski definition) is 2. The van der Waals surface area contributed by atoms with E-state index in [4.69, 9.17) is 0 Å². The highest BCUT2D eigenvalue weighted by Gasteiger charge is 2.43. The van der Waals surface area contributed by atoms with Gasteiger partial charge >= 0.3 is 6.18 Å². The Morgan fingerprint density at radius 2 is 1.53 bits per heavy atom. The first kappa shape index (κ1) is 23.2. The summed E-state index contributed by atoms with van der Waals surface area (Å²) in [7, 11) is 0. The SMILES string of the molecule is Oc1cccc(C=CC2(/C=C/c3ccccc3)Nc3cc(C(F)(F)F)ccc3N2c2ccccn2)c1. The lowest BCUT2D eigenvalue weighted by Crippen LogP contribution is -2.45.